The number of fused-ring (bicyclic) bond motifs is 1. The van der Waals surface area contributed by atoms with Gasteiger partial charge in [0.1, 0.15) is 11.8 Å². The van der Waals surface area contributed by atoms with Crippen molar-refractivity contribution in [1.82, 2.24) is 19.5 Å². The molecule has 0 unspecified atom stereocenters. The first-order valence-electron chi connectivity index (χ1n) is 16.2. The molecule has 9 nitrogen and oxygen atoms in total. The van der Waals surface area contributed by atoms with Crippen molar-refractivity contribution in [1.29, 1.82) is 0 Å². The van der Waals surface area contributed by atoms with E-state index < -0.39 is 34.1 Å². The quantitative estimate of drug-likeness (QED) is 0.212. The monoisotopic (exact) mass is 713 g/mol. The van der Waals surface area contributed by atoms with Crippen LogP contribution in [0.2, 0.25) is 0 Å². The predicted molar refractivity (Wildman–Crippen MR) is 182 cm³/mol. The minimum Gasteiger partial charge on any atom is -0.406 e. The van der Waals surface area contributed by atoms with Crippen LogP contribution in [0.15, 0.2) is 83.8 Å². The molecule has 1 atom stereocenters. The number of sulfonamides is 1. The van der Waals surface area contributed by atoms with E-state index in [-0.39, 0.29) is 31.1 Å². The highest BCUT2D eigenvalue weighted by Crippen LogP contribution is 2.34. The fourth-order valence-corrected chi connectivity index (χ4v) is 8.91. The number of anilines is 1. The van der Waals surface area contributed by atoms with Gasteiger partial charge in [0.15, 0.2) is 5.13 Å². The first-order chi connectivity index (χ1) is 23.5. The molecule has 0 bridgehead atoms. The third kappa shape index (κ3) is 8.61. The van der Waals surface area contributed by atoms with Gasteiger partial charge in [0.2, 0.25) is 15.9 Å². The Balaban J connectivity index is 1.20. The molecule has 1 N–H and O–H groups in total. The topological polar surface area (TPSA) is 95.1 Å². The predicted octanol–water partition coefficient (Wildman–Crippen LogP) is 5.75. The van der Waals surface area contributed by atoms with Gasteiger partial charge < -0.3 is 15.0 Å². The molecular formula is C35H38F3N5O4S2. The lowest BCUT2D eigenvalue weighted by atomic mass is 10.1. The number of nitrogens with zero attached hydrogens (tertiary/aromatic N) is 4. The third-order valence-corrected chi connectivity index (χ3v) is 11.7. The Kier molecular flexibility index (Phi) is 10.6. The number of ether oxygens (including phenoxy) is 1. The SMILES string of the molecule is CCCc1ccc(CNC(=O)[C@H]2CN(c3nc4c(s3)CN(Cc3ccccc3)CC4)CCN2S(=O)(=O)c2ccc(OC(F)(F)F)cc2)cc1. The number of piperazine rings is 1. The van der Waals surface area contributed by atoms with Crippen molar-refractivity contribution in [2.45, 2.75) is 63.1 Å². The summed E-state index contributed by atoms with van der Waals surface area (Å²) >= 11 is 1.56. The molecule has 260 valence electrons. The second kappa shape index (κ2) is 14.9. The Hall–Kier alpha value is -3.98. The Morgan fingerprint density at radius 2 is 1.67 bits per heavy atom. The highest BCUT2D eigenvalue weighted by Gasteiger charge is 2.41. The molecule has 2 aliphatic heterocycles. The van der Waals surface area contributed by atoms with E-state index in [2.05, 4.69) is 34.0 Å². The lowest BCUT2D eigenvalue weighted by Gasteiger charge is -2.39. The van der Waals surface area contributed by atoms with Gasteiger partial charge in [-0.3, -0.25) is 9.69 Å². The summed E-state index contributed by atoms with van der Waals surface area (Å²) in [5.41, 5.74) is 4.33. The number of aromatic nitrogens is 1. The summed E-state index contributed by atoms with van der Waals surface area (Å²) in [5.74, 6) is -1.01. The van der Waals surface area contributed by atoms with Gasteiger partial charge in [-0.25, -0.2) is 13.4 Å². The summed E-state index contributed by atoms with van der Waals surface area (Å²) in [7, 11) is -4.27. The van der Waals surface area contributed by atoms with Crippen LogP contribution in [0.25, 0.3) is 0 Å². The third-order valence-electron chi connectivity index (χ3n) is 8.64. The Morgan fingerprint density at radius 3 is 2.37 bits per heavy atom. The molecule has 14 heteroatoms. The number of halogens is 3. The Labute approximate surface area is 288 Å². The molecule has 4 aromatic rings. The van der Waals surface area contributed by atoms with Gasteiger partial charge in [-0.1, -0.05) is 67.9 Å². The van der Waals surface area contributed by atoms with Crippen LogP contribution in [0.4, 0.5) is 18.3 Å². The fraction of sp³-hybridized carbons (Fsp3) is 0.371. The first kappa shape index (κ1) is 34.9. The molecule has 0 saturated carbocycles. The molecule has 1 fully saturated rings. The first-order valence-corrected chi connectivity index (χ1v) is 18.5. The van der Waals surface area contributed by atoms with E-state index in [1.54, 1.807) is 11.3 Å². The molecule has 0 radical (unpaired) electrons. The van der Waals surface area contributed by atoms with Gasteiger partial charge in [0, 0.05) is 57.1 Å². The van der Waals surface area contributed by atoms with Crippen LogP contribution >= 0.6 is 11.3 Å². The highest BCUT2D eigenvalue weighted by molar-refractivity contribution is 7.89. The minimum absolute atomic E-state index is 0.0166. The van der Waals surface area contributed by atoms with Crippen molar-refractivity contribution in [3.63, 3.8) is 0 Å². The van der Waals surface area contributed by atoms with Crippen molar-refractivity contribution in [2.75, 3.05) is 31.1 Å². The van der Waals surface area contributed by atoms with Crippen molar-refractivity contribution < 1.29 is 31.1 Å². The van der Waals surface area contributed by atoms with E-state index in [1.165, 1.54) is 11.1 Å². The number of benzene rings is 3. The van der Waals surface area contributed by atoms with Crippen LogP contribution in [0.3, 0.4) is 0 Å². The van der Waals surface area contributed by atoms with Gasteiger partial charge >= 0.3 is 6.36 Å². The van der Waals surface area contributed by atoms with Crippen molar-refractivity contribution in [2.24, 2.45) is 0 Å². The summed E-state index contributed by atoms with van der Waals surface area (Å²) in [4.78, 5) is 24.0. The zero-order valence-corrected chi connectivity index (χ0v) is 28.7. The lowest BCUT2D eigenvalue weighted by Crippen LogP contribution is -2.60. The number of hydrogen-bond acceptors (Lipinski definition) is 8. The zero-order chi connectivity index (χ0) is 34.6. The van der Waals surface area contributed by atoms with E-state index in [9.17, 15) is 26.4 Å². The summed E-state index contributed by atoms with van der Waals surface area (Å²) in [5, 5.41) is 3.66. The number of nitrogens with one attached hydrogen (secondary N) is 1. The second-order valence-corrected chi connectivity index (χ2v) is 15.1. The van der Waals surface area contributed by atoms with E-state index >= 15 is 0 Å². The van der Waals surface area contributed by atoms with Gasteiger partial charge in [0.25, 0.3) is 0 Å². The summed E-state index contributed by atoms with van der Waals surface area (Å²) < 4.78 is 71.0. The average molecular weight is 714 g/mol. The molecule has 0 spiro atoms. The Morgan fingerprint density at radius 1 is 0.959 bits per heavy atom. The maximum absolute atomic E-state index is 13.9. The molecule has 0 aliphatic carbocycles. The molecule has 3 aromatic carbocycles. The molecule has 1 aromatic heterocycles. The number of carbonyl (C=O) groups excluding carboxylic acids is 1. The maximum atomic E-state index is 13.9. The maximum Gasteiger partial charge on any atom is 0.573 e. The normalized spacial score (nSPS) is 17.5. The summed E-state index contributed by atoms with van der Waals surface area (Å²) in [6.07, 6.45) is -2.15. The van der Waals surface area contributed by atoms with Crippen molar-refractivity contribution in [3.8, 4) is 5.75 Å². The smallest absolute Gasteiger partial charge is 0.406 e. The average Bonchev–Trinajstić information content (AvgIpc) is 3.51. The Bertz CT molecular complexity index is 1840. The van der Waals surface area contributed by atoms with Crippen LogP contribution < -0.4 is 15.0 Å². The summed E-state index contributed by atoms with van der Waals surface area (Å²) in [6, 6.07) is 21.1. The number of alkyl halides is 3. The number of carbonyl (C=O) groups is 1. The minimum atomic E-state index is -4.91. The van der Waals surface area contributed by atoms with Crippen molar-refractivity contribution >= 4 is 32.4 Å². The molecule has 3 heterocycles. The second-order valence-electron chi connectivity index (χ2n) is 12.2. The van der Waals surface area contributed by atoms with Crippen molar-refractivity contribution in [3.05, 3.63) is 106 Å². The zero-order valence-electron chi connectivity index (χ0n) is 27.0. The number of thiazole rings is 1. The van der Waals surface area contributed by atoms with Crippen LogP contribution in [0.5, 0.6) is 5.75 Å². The molecule has 49 heavy (non-hydrogen) atoms. The van der Waals surface area contributed by atoms with E-state index in [4.69, 9.17) is 4.98 Å². The molecule has 1 amide bonds. The molecule has 2 aliphatic rings. The molecular weight excluding hydrogens is 676 g/mol. The van der Waals surface area contributed by atoms with Gasteiger partial charge in [0.05, 0.1) is 10.6 Å². The molecule has 6 rings (SSSR count). The van der Waals surface area contributed by atoms with Crippen LogP contribution in [0, 0.1) is 0 Å². The van der Waals surface area contributed by atoms with Gasteiger partial charge in [-0.2, -0.15) is 4.31 Å². The summed E-state index contributed by atoms with van der Waals surface area (Å²) in [6.45, 7) is 5.11. The largest absolute Gasteiger partial charge is 0.573 e. The van der Waals surface area contributed by atoms with E-state index in [1.807, 2.05) is 47.4 Å². The number of amides is 1. The van der Waals surface area contributed by atoms with Crippen LogP contribution in [-0.2, 0) is 47.3 Å². The van der Waals surface area contributed by atoms with Crippen LogP contribution in [0.1, 0.15) is 40.6 Å². The van der Waals surface area contributed by atoms with E-state index in [0.717, 1.165) is 88.7 Å². The number of hydrogen-bond donors (Lipinski definition) is 1. The highest BCUT2D eigenvalue weighted by atomic mass is 32.2. The van der Waals surface area contributed by atoms with Gasteiger partial charge in [-0.15, -0.1) is 24.5 Å². The lowest BCUT2D eigenvalue weighted by molar-refractivity contribution is -0.274. The number of rotatable bonds is 11. The van der Waals surface area contributed by atoms with Crippen LogP contribution in [-0.4, -0.2) is 67.1 Å². The molecule has 1 saturated heterocycles. The number of aryl methyl sites for hydroxylation is 1. The fourth-order valence-electron chi connectivity index (χ4n) is 6.16. The standard InChI is InChI=1S/C35H38F3N5O4S2/c1-2-6-25-9-11-26(12-10-25)21-39-33(44)31-23-42(19-20-43(31)49(45,46)29-15-13-28(14-16-29)47-35(36,37)38)34-40-30-17-18-41(24-32(30)48-34)22-27-7-4-3-5-8-27/h3-5,7-16,31H,2,6,17-24H2,1H3,(H,39,44)/t31-/m1/s1. The van der Waals surface area contributed by atoms with E-state index in [0.29, 0.717) is 0 Å². The van der Waals surface area contributed by atoms with Gasteiger partial charge in [-0.05, 0) is 47.4 Å².